The number of nitrogens with zero attached hydrogens (tertiary/aromatic N) is 1. The molecule has 1 spiro atoms. The summed E-state index contributed by atoms with van der Waals surface area (Å²) in [5, 5.41) is 2.69. The minimum absolute atomic E-state index is 0.0700. The fourth-order valence-corrected chi connectivity index (χ4v) is 4.71. The molecule has 1 atom stereocenters. The van der Waals surface area contributed by atoms with Crippen LogP contribution < -0.4 is 5.32 Å². The molecule has 2 fully saturated rings. The van der Waals surface area contributed by atoms with E-state index in [1.165, 1.54) is 11.0 Å². The molecule has 1 heterocycles. The monoisotopic (exact) mass is 430 g/mol. The van der Waals surface area contributed by atoms with Crippen LogP contribution in [0.2, 0.25) is 0 Å². The van der Waals surface area contributed by atoms with Gasteiger partial charge in [0.15, 0.2) is 11.6 Å². The molecule has 1 aliphatic heterocycles. The normalized spacial score (nSPS) is 19.6. The number of halogens is 2. The summed E-state index contributed by atoms with van der Waals surface area (Å²) >= 11 is 1.67. The van der Waals surface area contributed by atoms with Crippen LogP contribution in [-0.2, 0) is 16.0 Å². The topological polar surface area (TPSA) is 49.4 Å². The first-order valence-corrected chi connectivity index (χ1v) is 11.3. The van der Waals surface area contributed by atoms with Crippen LogP contribution >= 0.6 is 11.8 Å². The van der Waals surface area contributed by atoms with Crippen LogP contribution in [0.3, 0.4) is 0 Å². The molecular weight excluding hydrogens is 406 g/mol. The molecular formula is C23H24F2N2O2S. The third-order valence-electron chi connectivity index (χ3n) is 6.32. The van der Waals surface area contributed by atoms with Crippen molar-refractivity contribution in [3.8, 4) is 0 Å². The predicted molar refractivity (Wildman–Crippen MR) is 113 cm³/mol. The molecule has 2 amide bonds. The number of benzene rings is 2. The number of nitrogens with one attached hydrogen (secondary N) is 1. The van der Waals surface area contributed by atoms with Gasteiger partial charge in [0.05, 0.1) is 6.42 Å². The van der Waals surface area contributed by atoms with E-state index in [1.807, 2.05) is 35.4 Å². The second-order valence-electron chi connectivity index (χ2n) is 8.14. The van der Waals surface area contributed by atoms with Crippen LogP contribution in [0.15, 0.2) is 47.4 Å². The van der Waals surface area contributed by atoms with E-state index >= 15 is 0 Å². The largest absolute Gasteiger partial charge is 0.342 e. The van der Waals surface area contributed by atoms with Crippen molar-refractivity contribution in [2.24, 2.45) is 11.3 Å². The molecule has 1 aliphatic carbocycles. The highest BCUT2D eigenvalue weighted by Gasteiger charge is 2.58. The molecule has 30 heavy (non-hydrogen) atoms. The number of carbonyl (C=O) groups excluding carboxylic acids is 2. The van der Waals surface area contributed by atoms with Gasteiger partial charge in [-0.15, -0.1) is 11.8 Å². The maximum atomic E-state index is 13.3. The number of piperidine rings is 1. The van der Waals surface area contributed by atoms with Gasteiger partial charge in [0, 0.05) is 35.7 Å². The molecule has 2 aromatic rings. The number of thioether (sulfide) groups is 1. The van der Waals surface area contributed by atoms with E-state index in [4.69, 9.17) is 0 Å². The van der Waals surface area contributed by atoms with Crippen molar-refractivity contribution >= 4 is 29.3 Å². The molecule has 1 unspecified atom stereocenters. The molecule has 2 aliphatic rings. The van der Waals surface area contributed by atoms with E-state index in [9.17, 15) is 18.4 Å². The van der Waals surface area contributed by atoms with Crippen LogP contribution in [0.1, 0.15) is 24.8 Å². The lowest BCUT2D eigenvalue weighted by molar-refractivity contribution is -0.132. The zero-order chi connectivity index (χ0) is 21.3. The third-order valence-corrected chi connectivity index (χ3v) is 7.06. The van der Waals surface area contributed by atoms with E-state index < -0.39 is 11.6 Å². The Morgan fingerprint density at radius 1 is 1.10 bits per heavy atom. The van der Waals surface area contributed by atoms with Gasteiger partial charge in [-0.1, -0.05) is 12.1 Å². The first-order chi connectivity index (χ1) is 14.4. The maximum Gasteiger partial charge on any atom is 0.228 e. The van der Waals surface area contributed by atoms with Crippen LogP contribution in [0, 0.1) is 23.0 Å². The summed E-state index contributed by atoms with van der Waals surface area (Å²) in [5.74, 6) is -2.09. The van der Waals surface area contributed by atoms with Crippen LogP contribution in [0.4, 0.5) is 14.5 Å². The molecule has 0 bridgehead atoms. The van der Waals surface area contributed by atoms with E-state index in [1.54, 1.807) is 11.8 Å². The van der Waals surface area contributed by atoms with Gasteiger partial charge in [0.2, 0.25) is 11.8 Å². The molecule has 2 aromatic carbocycles. The quantitative estimate of drug-likeness (QED) is 0.711. The van der Waals surface area contributed by atoms with Crippen LogP contribution in [-0.4, -0.2) is 36.1 Å². The van der Waals surface area contributed by atoms with Gasteiger partial charge >= 0.3 is 0 Å². The molecule has 1 N–H and O–H groups in total. The molecule has 7 heteroatoms. The molecule has 158 valence electrons. The summed E-state index contributed by atoms with van der Waals surface area (Å²) < 4.78 is 26.4. The molecule has 0 radical (unpaired) electrons. The van der Waals surface area contributed by atoms with Crippen LogP contribution in [0.5, 0.6) is 0 Å². The second kappa shape index (κ2) is 8.38. The Balaban J connectivity index is 1.28. The average Bonchev–Trinajstić information content (AvgIpc) is 3.45. The van der Waals surface area contributed by atoms with Gasteiger partial charge in [-0.05, 0) is 60.8 Å². The lowest BCUT2D eigenvalue weighted by Crippen LogP contribution is -2.41. The van der Waals surface area contributed by atoms with Gasteiger partial charge in [0.25, 0.3) is 0 Å². The van der Waals surface area contributed by atoms with E-state index in [-0.39, 0.29) is 28.8 Å². The Bertz CT molecular complexity index is 956. The van der Waals surface area contributed by atoms with Crippen molar-refractivity contribution in [2.75, 3.05) is 24.7 Å². The summed E-state index contributed by atoms with van der Waals surface area (Å²) in [7, 11) is 0. The molecule has 4 nitrogen and oxygen atoms in total. The highest BCUT2D eigenvalue weighted by molar-refractivity contribution is 7.98. The van der Waals surface area contributed by atoms with Gasteiger partial charge in [0.1, 0.15) is 0 Å². The lowest BCUT2D eigenvalue weighted by atomic mass is 9.90. The summed E-state index contributed by atoms with van der Waals surface area (Å²) in [4.78, 5) is 28.2. The van der Waals surface area contributed by atoms with Crippen molar-refractivity contribution < 1.29 is 18.4 Å². The van der Waals surface area contributed by atoms with E-state index in [0.717, 1.165) is 37.0 Å². The summed E-state index contributed by atoms with van der Waals surface area (Å²) in [5.41, 5.74) is 1.20. The maximum absolute atomic E-state index is 13.3. The summed E-state index contributed by atoms with van der Waals surface area (Å²) in [6, 6.07) is 11.4. The summed E-state index contributed by atoms with van der Waals surface area (Å²) in [6.07, 6.45) is 4.77. The Hall–Kier alpha value is -2.41. The molecule has 1 saturated heterocycles. The number of hydrogen-bond donors (Lipinski definition) is 1. The highest BCUT2D eigenvalue weighted by atomic mass is 32.2. The fraction of sp³-hybridized carbons (Fsp3) is 0.391. The Morgan fingerprint density at radius 2 is 1.80 bits per heavy atom. The van der Waals surface area contributed by atoms with E-state index in [0.29, 0.717) is 19.5 Å². The number of amides is 2. The summed E-state index contributed by atoms with van der Waals surface area (Å²) in [6.45, 7) is 1.30. The number of hydrogen-bond acceptors (Lipinski definition) is 3. The predicted octanol–water partition coefficient (Wildman–Crippen LogP) is 4.50. The van der Waals surface area contributed by atoms with Crippen molar-refractivity contribution in [3.05, 3.63) is 59.7 Å². The first kappa shape index (κ1) is 20.8. The fourth-order valence-electron chi connectivity index (χ4n) is 4.31. The Kier molecular flexibility index (Phi) is 5.82. The molecule has 1 saturated carbocycles. The molecule has 0 aromatic heterocycles. The van der Waals surface area contributed by atoms with Gasteiger partial charge in [-0.3, -0.25) is 9.59 Å². The zero-order valence-corrected chi connectivity index (χ0v) is 17.6. The van der Waals surface area contributed by atoms with Crippen molar-refractivity contribution in [3.63, 3.8) is 0 Å². The Labute approximate surface area is 179 Å². The van der Waals surface area contributed by atoms with Crippen molar-refractivity contribution in [1.29, 1.82) is 0 Å². The van der Waals surface area contributed by atoms with Crippen molar-refractivity contribution in [2.45, 2.75) is 30.6 Å². The zero-order valence-electron chi connectivity index (χ0n) is 16.8. The minimum Gasteiger partial charge on any atom is -0.342 e. The standard InChI is InChI=1S/C23H24F2N2O2S/c1-30-17-5-2-15(3-6-17)12-21(28)27-10-8-23(9-11-27)14-18(23)22(29)26-16-4-7-19(24)20(25)13-16/h2-7,13,18H,8-12,14H2,1H3,(H,26,29). The average molecular weight is 431 g/mol. The third kappa shape index (κ3) is 4.36. The van der Waals surface area contributed by atoms with E-state index in [2.05, 4.69) is 5.32 Å². The van der Waals surface area contributed by atoms with Crippen molar-refractivity contribution in [1.82, 2.24) is 4.90 Å². The highest BCUT2D eigenvalue weighted by Crippen LogP contribution is 2.59. The van der Waals surface area contributed by atoms with Gasteiger partial charge in [-0.2, -0.15) is 0 Å². The number of rotatable bonds is 5. The van der Waals surface area contributed by atoms with Crippen LogP contribution in [0.25, 0.3) is 0 Å². The SMILES string of the molecule is CSc1ccc(CC(=O)N2CCC3(CC2)CC3C(=O)Nc2ccc(F)c(F)c2)cc1. The Morgan fingerprint density at radius 3 is 2.43 bits per heavy atom. The first-order valence-electron chi connectivity index (χ1n) is 10.1. The smallest absolute Gasteiger partial charge is 0.228 e. The lowest BCUT2D eigenvalue weighted by Gasteiger charge is -2.33. The van der Waals surface area contributed by atoms with Gasteiger partial charge in [-0.25, -0.2) is 8.78 Å². The number of likely N-dealkylation sites (tertiary alicyclic amines) is 1. The minimum atomic E-state index is -0.979. The number of anilines is 1. The molecule has 4 rings (SSSR count). The van der Waals surface area contributed by atoms with Gasteiger partial charge < -0.3 is 10.2 Å². The number of carbonyl (C=O) groups is 2. The second-order valence-corrected chi connectivity index (χ2v) is 9.02.